The highest BCUT2D eigenvalue weighted by Crippen LogP contribution is 2.20. The molecule has 20 heavy (non-hydrogen) atoms. The molecule has 2 rings (SSSR count). The summed E-state index contributed by atoms with van der Waals surface area (Å²) in [6, 6.07) is 4.94. The number of hydrogen-bond donors (Lipinski definition) is 2. The number of oxazole rings is 1. The molecule has 0 aliphatic heterocycles. The average molecular weight is 297 g/mol. The maximum Gasteiger partial charge on any atom is 0.288 e. The average Bonchev–Trinajstić information content (AvgIpc) is 2.82. The van der Waals surface area contributed by atoms with E-state index in [1.165, 1.54) is 7.11 Å². The number of fused-ring (bicyclic) bond motifs is 1. The summed E-state index contributed by atoms with van der Waals surface area (Å²) >= 11 is 0. The smallest absolute Gasteiger partial charge is 0.288 e. The Balaban J connectivity index is 2.02. The zero-order chi connectivity index (χ0) is 14.5. The molecule has 0 fully saturated rings. The molecule has 0 bridgehead atoms. The molecule has 1 atom stereocenters. The number of nitrogens with one attached hydrogen (secondary N) is 1. The highest BCUT2D eigenvalue weighted by molar-refractivity contribution is 7.85. The van der Waals surface area contributed by atoms with Crippen molar-refractivity contribution in [2.24, 2.45) is 0 Å². The van der Waals surface area contributed by atoms with E-state index in [-0.39, 0.29) is 16.9 Å². The molecule has 8 heteroatoms. The van der Waals surface area contributed by atoms with Crippen LogP contribution in [-0.2, 0) is 20.3 Å². The Morgan fingerprint density at radius 2 is 2.35 bits per heavy atom. The van der Waals surface area contributed by atoms with E-state index >= 15 is 0 Å². The first-order valence-corrected chi connectivity index (χ1v) is 7.22. The third-order valence-corrected chi connectivity index (χ3v) is 3.57. The lowest BCUT2D eigenvalue weighted by Crippen LogP contribution is -2.31. The molecule has 1 aromatic heterocycles. The van der Waals surface area contributed by atoms with E-state index in [1.807, 2.05) is 0 Å². The van der Waals surface area contributed by atoms with Crippen molar-refractivity contribution in [3.63, 3.8) is 0 Å². The van der Waals surface area contributed by atoms with E-state index in [0.717, 1.165) is 0 Å². The van der Waals surface area contributed by atoms with Crippen molar-refractivity contribution in [3.8, 4) is 0 Å². The van der Waals surface area contributed by atoms with Gasteiger partial charge in [0.2, 0.25) is 5.91 Å². The summed E-state index contributed by atoms with van der Waals surface area (Å²) in [5.74, 6) is -0.548. The number of carbonyl (C=O) groups is 1. The van der Waals surface area contributed by atoms with Crippen molar-refractivity contribution in [2.45, 2.75) is 5.22 Å². The summed E-state index contributed by atoms with van der Waals surface area (Å²) < 4.78 is 22.1. The zero-order valence-corrected chi connectivity index (χ0v) is 11.7. The normalized spacial score (nSPS) is 12.4. The van der Waals surface area contributed by atoms with Crippen molar-refractivity contribution >= 4 is 33.5 Å². The van der Waals surface area contributed by atoms with Gasteiger partial charge in [-0.15, -0.1) is 0 Å². The van der Waals surface area contributed by atoms with Crippen LogP contribution >= 0.6 is 0 Å². The molecule has 0 saturated heterocycles. The predicted octanol–water partition coefficient (Wildman–Crippen LogP) is 0.280. The monoisotopic (exact) mass is 297 g/mol. The number of nitrogen functional groups attached to an aromatic ring is 1. The maximum atomic E-state index is 12.0. The molecule has 7 nitrogen and oxygen atoms in total. The van der Waals surface area contributed by atoms with Gasteiger partial charge in [0.05, 0.1) is 6.61 Å². The molecule has 0 radical (unpaired) electrons. The molecule has 0 aliphatic rings. The number of rotatable bonds is 6. The number of hydrogen-bond acceptors (Lipinski definition) is 6. The van der Waals surface area contributed by atoms with Crippen LogP contribution < -0.4 is 11.1 Å². The number of methoxy groups -OCH3 is 1. The van der Waals surface area contributed by atoms with Gasteiger partial charge in [0.25, 0.3) is 5.22 Å². The van der Waals surface area contributed by atoms with Crippen molar-refractivity contribution in [2.75, 3.05) is 31.7 Å². The largest absolute Gasteiger partial charge is 0.430 e. The standard InChI is InChI=1S/C12H15N3O4S/c1-18-5-4-14-11(16)7-20(17)12-15-9-6-8(13)2-3-10(9)19-12/h2-3,6H,4-5,7,13H2,1H3,(H,14,16). The van der Waals surface area contributed by atoms with Gasteiger partial charge in [0.15, 0.2) is 5.58 Å². The molecule has 1 amide bonds. The first kappa shape index (κ1) is 14.5. The summed E-state index contributed by atoms with van der Waals surface area (Å²) in [5, 5.41) is 2.60. The van der Waals surface area contributed by atoms with Crippen molar-refractivity contribution in [3.05, 3.63) is 18.2 Å². The summed E-state index contributed by atoms with van der Waals surface area (Å²) in [6.07, 6.45) is 0. The third kappa shape index (κ3) is 3.55. The van der Waals surface area contributed by atoms with Crippen LogP contribution in [-0.4, -0.2) is 41.1 Å². The van der Waals surface area contributed by atoms with Gasteiger partial charge in [-0.05, 0) is 18.2 Å². The topological polar surface area (TPSA) is 107 Å². The second-order valence-electron chi connectivity index (χ2n) is 4.04. The van der Waals surface area contributed by atoms with E-state index in [0.29, 0.717) is 29.9 Å². The van der Waals surface area contributed by atoms with Crippen LogP contribution in [0, 0.1) is 0 Å². The minimum Gasteiger partial charge on any atom is -0.430 e. The molecule has 1 heterocycles. The Kier molecular flexibility index (Phi) is 4.70. The lowest BCUT2D eigenvalue weighted by molar-refractivity contribution is -0.118. The Morgan fingerprint density at radius 3 is 3.10 bits per heavy atom. The van der Waals surface area contributed by atoms with Crippen LogP contribution in [0.3, 0.4) is 0 Å². The Morgan fingerprint density at radius 1 is 1.55 bits per heavy atom. The second-order valence-corrected chi connectivity index (χ2v) is 5.37. The predicted molar refractivity (Wildman–Crippen MR) is 74.6 cm³/mol. The number of benzene rings is 1. The lowest BCUT2D eigenvalue weighted by atomic mass is 10.3. The van der Waals surface area contributed by atoms with E-state index < -0.39 is 10.8 Å². The second kappa shape index (κ2) is 6.49. The SMILES string of the molecule is COCCNC(=O)CS(=O)c1nc2cc(N)ccc2o1. The van der Waals surface area contributed by atoms with E-state index in [2.05, 4.69) is 10.3 Å². The number of anilines is 1. The van der Waals surface area contributed by atoms with Crippen LogP contribution in [0.1, 0.15) is 0 Å². The fourth-order valence-corrected chi connectivity index (χ4v) is 2.39. The Labute approximate surface area is 117 Å². The zero-order valence-electron chi connectivity index (χ0n) is 10.9. The first-order chi connectivity index (χ1) is 9.60. The van der Waals surface area contributed by atoms with Crippen LogP contribution in [0.5, 0.6) is 0 Å². The highest BCUT2D eigenvalue weighted by atomic mass is 32.2. The van der Waals surface area contributed by atoms with Gasteiger partial charge in [0, 0.05) is 19.3 Å². The van der Waals surface area contributed by atoms with E-state index in [4.69, 9.17) is 14.9 Å². The fourth-order valence-electron chi connectivity index (χ4n) is 1.55. The summed E-state index contributed by atoms with van der Waals surface area (Å²) in [6.45, 7) is 0.775. The van der Waals surface area contributed by atoms with Crippen molar-refractivity contribution in [1.82, 2.24) is 10.3 Å². The van der Waals surface area contributed by atoms with Gasteiger partial charge in [-0.2, -0.15) is 0 Å². The van der Waals surface area contributed by atoms with Gasteiger partial charge < -0.3 is 20.2 Å². The van der Waals surface area contributed by atoms with E-state index in [9.17, 15) is 9.00 Å². The highest BCUT2D eigenvalue weighted by Gasteiger charge is 2.16. The quantitative estimate of drug-likeness (QED) is 0.586. The van der Waals surface area contributed by atoms with Crippen molar-refractivity contribution < 1.29 is 18.2 Å². The van der Waals surface area contributed by atoms with Gasteiger partial charge in [0.1, 0.15) is 22.1 Å². The number of ether oxygens (including phenoxy) is 1. The van der Waals surface area contributed by atoms with Gasteiger partial charge in [-0.25, -0.2) is 9.19 Å². The minimum atomic E-state index is -1.63. The first-order valence-electron chi connectivity index (χ1n) is 5.90. The summed E-state index contributed by atoms with van der Waals surface area (Å²) in [7, 11) is -0.0936. The third-order valence-electron chi connectivity index (χ3n) is 2.48. The molecule has 0 spiro atoms. The Hall–Kier alpha value is -1.93. The number of amides is 1. The van der Waals surface area contributed by atoms with Crippen molar-refractivity contribution in [1.29, 1.82) is 0 Å². The number of aromatic nitrogens is 1. The summed E-state index contributed by atoms with van der Waals surface area (Å²) in [4.78, 5) is 15.6. The summed E-state index contributed by atoms with van der Waals surface area (Å²) in [5.41, 5.74) is 7.18. The molecule has 2 aromatic rings. The van der Waals surface area contributed by atoms with Gasteiger partial charge in [-0.3, -0.25) is 4.79 Å². The lowest BCUT2D eigenvalue weighted by Gasteiger charge is -2.02. The van der Waals surface area contributed by atoms with Crippen LogP contribution in [0.15, 0.2) is 27.8 Å². The van der Waals surface area contributed by atoms with Crippen LogP contribution in [0.2, 0.25) is 0 Å². The molecular weight excluding hydrogens is 282 g/mol. The maximum absolute atomic E-state index is 12.0. The van der Waals surface area contributed by atoms with Gasteiger partial charge in [-0.1, -0.05) is 0 Å². The minimum absolute atomic E-state index is 0.0208. The number of carbonyl (C=O) groups excluding carboxylic acids is 1. The molecule has 1 unspecified atom stereocenters. The molecule has 108 valence electrons. The molecular formula is C12H15N3O4S. The van der Waals surface area contributed by atoms with Gasteiger partial charge >= 0.3 is 0 Å². The Bertz CT molecular complexity index is 641. The van der Waals surface area contributed by atoms with Crippen LogP contribution in [0.25, 0.3) is 11.1 Å². The van der Waals surface area contributed by atoms with E-state index in [1.54, 1.807) is 18.2 Å². The fraction of sp³-hybridized carbons (Fsp3) is 0.333. The molecule has 3 N–H and O–H groups in total. The van der Waals surface area contributed by atoms with Crippen LogP contribution in [0.4, 0.5) is 5.69 Å². The molecule has 0 saturated carbocycles. The molecule has 0 aliphatic carbocycles. The number of nitrogens with zero attached hydrogens (tertiary/aromatic N) is 1. The number of nitrogens with two attached hydrogens (primary N) is 1. The molecule has 1 aromatic carbocycles.